The highest BCUT2D eigenvalue weighted by atomic mass is 16.6. The molecule has 1 unspecified atom stereocenters. The van der Waals surface area contributed by atoms with Crippen LogP contribution in [0.5, 0.6) is 0 Å². The second kappa shape index (κ2) is 7.22. The van der Waals surface area contributed by atoms with Crippen LogP contribution in [0.1, 0.15) is 33.1 Å². The van der Waals surface area contributed by atoms with Gasteiger partial charge in [-0.15, -0.1) is 4.48 Å². The van der Waals surface area contributed by atoms with Gasteiger partial charge >= 0.3 is 12.2 Å². The SMILES string of the molecule is CCCCC[N+](C)(C(=O)OC)C(=O)OCC. The topological polar surface area (TPSA) is 52.6 Å². The van der Waals surface area contributed by atoms with Crippen molar-refractivity contribution in [3.05, 3.63) is 0 Å². The van der Waals surface area contributed by atoms with E-state index in [0.29, 0.717) is 6.54 Å². The van der Waals surface area contributed by atoms with Crippen LogP contribution in [0.25, 0.3) is 0 Å². The predicted octanol–water partition coefficient (Wildman–Crippen LogP) is 2.55. The molecule has 0 aromatic heterocycles. The van der Waals surface area contributed by atoms with E-state index in [9.17, 15) is 9.59 Å². The number of nitrogens with zero attached hydrogens (tertiary/aromatic N) is 1. The van der Waals surface area contributed by atoms with Crippen molar-refractivity contribution in [1.82, 2.24) is 0 Å². The van der Waals surface area contributed by atoms with Crippen molar-refractivity contribution in [3.8, 4) is 0 Å². The van der Waals surface area contributed by atoms with E-state index in [1.54, 1.807) is 6.92 Å². The van der Waals surface area contributed by atoms with E-state index in [2.05, 4.69) is 11.7 Å². The number of carbonyl (C=O) groups is 2. The second-order valence-corrected chi connectivity index (χ2v) is 3.79. The molecule has 0 aliphatic carbocycles. The highest BCUT2D eigenvalue weighted by Crippen LogP contribution is 2.12. The maximum atomic E-state index is 11.7. The maximum absolute atomic E-state index is 11.7. The van der Waals surface area contributed by atoms with Gasteiger partial charge in [0.25, 0.3) is 0 Å². The number of unbranched alkanes of at least 4 members (excludes halogenated alkanes) is 2. The van der Waals surface area contributed by atoms with Crippen LogP contribution in [0.4, 0.5) is 9.59 Å². The van der Waals surface area contributed by atoms with Crippen molar-refractivity contribution >= 4 is 12.2 Å². The average molecular weight is 232 g/mol. The lowest BCUT2D eigenvalue weighted by Crippen LogP contribution is -2.54. The minimum atomic E-state index is -0.574. The van der Waals surface area contributed by atoms with E-state index >= 15 is 0 Å². The van der Waals surface area contributed by atoms with Gasteiger partial charge in [0.05, 0.1) is 27.3 Å². The molecule has 0 spiro atoms. The van der Waals surface area contributed by atoms with E-state index < -0.39 is 16.7 Å². The summed E-state index contributed by atoms with van der Waals surface area (Å²) in [5.74, 6) is 0. The van der Waals surface area contributed by atoms with Crippen LogP contribution >= 0.6 is 0 Å². The first-order valence-electron chi connectivity index (χ1n) is 5.64. The number of hydrogen-bond donors (Lipinski definition) is 0. The molecule has 5 heteroatoms. The molecule has 16 heavy (non-hydrogen) atoms. The first kappa shape index (κ1) is 14.9. The molecule has 1 atom stereocenters. The zero-order valence-corrected chi connectivity index (χ0v) is 10.6. The Morgan fingerprint density at radius 1 is 1.12 bits per heavy atom. The Bertz CT molecular complexity index is 242. The summed E-state index contributed by atoms with van der Waals surface area (Å²) in [6.07, 6.45) is 1.68. The lowest BCUT2D eigenvalue weighted by molar-refractivity contribution is -0.764. The van der Waals surface area contributed by atoms with Gasteiger partial charge in [-0.1, -0.05) is 13.3 Å². The Morgan fingerprint density at radius 2 is 1.75 bits per heavy atom. The maximum Gasteiger partial charge on any atom is 0.526 e. The van der Waals surface area contributed by atoms with Gasteiger partial charge in [0.2, 0.25) is 0 Å². The lowest BCUT2D eigenvalue weighted by atomic mass is 10.2. The molecule has 0 saturated heterocycles. The molecule has 2 amide bonds. The van der Waals surface area contributed by atoms with E-state index in [1.165, 1.54) is 14.2 Å². The number of amides is 2. The normalized spacial score (nSPS) is 14.0. The van der Waals surface area contributed by atoms with Crippen LogP contribution in [-0.2, 0) is 9.47 Å². The van der Waals surface area contributed by atoms with Crippen LogP contribution in [0, 0.1) is 0 Å². The summed E-state index contributed by atoms with van der Waals surface area (Å²) in [7, 11) is 2.80. The molecule has 0 heterocycles. The zero-order valence-electron chi connectivity index (χ0n) is 10.6. The molecule has 0 radical (unpaired) electrons. The molecule has 0 aliphatic heterocycles. The number of rotatable bonds is 5. The fraction of sp³-hybridized carbons (Fsp3) is 0.818. The van der Waals surface area contributed by atoms with Gasteiger partial charge in [0, 0.05) is 0 Å². The van der Waals surface area contributed by atoms with E-state index in [1.807, 2.05) is 0 Å². The third-order valence-electron chi connectivity index (χ3n) is 2.46. The van der Waals surface area contributed by atoms with Crippen molar-refractivity contribution in [2.75, 3.05) is 27.3 Å². The molecule has 0 bridgehead atoms. The van der Waals surface area contributed by atoms with Gasteiger partial charge in [-0.3, -0.25) is 0 Å². The Balaban J connectivity index is 4.60. The Hall–Kier alpha value is -1.10. The molecule has 0 rings (SSSR count). The minimum absolute atomic E-state index is 0.261. The highest BCUT2D eigenvalue weighted by Gasteiger charge is 2.43. The number of hydrogen-bond acceptors (Lipinski definition) is 4. The fourth-order valence-corrected chi connectivity index (χ4v) is 1.40. The molecule has 0 fully saturated rings. The van der Waals surface area contributed by atoms with Crippen LogP contribution < -0.4 is 0 Å². The molecular formula is C11H22NO4+. The van der Waals surface area contributed by atoms with E-state index in [0.717, 1.165) is 19.3 Å². The van der Waals surface area contributed by atoms with Gasteiger partial charge < -0.3 is 9.47 Å². The van der Waals surface area contributed by atoms with Crippen LogP contribution in [0.15, 0.2) is 0 Å². The molecule has 0 aromatic carbocycles. The summed E-state index contributed by atoms with van der Waals surface area (Å²) in [6.45, 7) is 4.45. The summed E-state index contributed by atoms with van der Waals surface area (Å²) < 4.78 is 9.10. The smallest absolute Gasteiger partial charge is 0.423 e. The molecule has 5 nitrogen and oxygen atoms in total. The molecule has 94 valence electrons. The molecule has 0 N–H and O–H groups in total. The summed E-state index contributed by atoms with van der Waals surface area (Å²) >= 11 is 0. The predicted molar refractivity (Wildman–Crippen MR) is 60.0 cm³/mol. The number of carbonyl (C=O) groups excluding carboxylic acids is 2. The molecule has 0 saturated carbocycles. The Morgan fingerprint density at radius 3 is 2.19 bits per heavy atom. The summed E-state index contributed by atoms with van der Waals surface area (Å²) in [5, 5.41) is 0. The van der Waals surface area contributed by atoms with Crippen molar-refractivity contribution in [3.63, 3.8) is 0 Å². The number of methoxy groups -OCH3 is 1. The Labute approximate surface area is 96.9 Å². The van der Waals surface area contributed by atoms with Gasteiger partial charge in [-0.2, -0.15) is 9.59 Å². The van der Waals surface area contributed by atoms with Crippen LogP contribution in [0.3, 0.4) is 0 Å². The summed E-state index contributed by atoms with van der Waals surface area (Å²) in [6, 6.07) is 0. The monoisotopic (exact) mass is 232 g/mol. The van der Waals surface area contributed by atoms with Gasteiger partial charge in [0.15, 0.2) is 0 Å². The van der Waals surface area contributed by atoms with E-state index in [4.69, 9.17) is 4.74 Å². The molecular weight excluding hydrogens is 210 g/mol. The quantitative estimate of drug-likeness (QED) is 0.540. The fourth-order valence-electron chi connectivity index (χ4n) is 1.40. The van der Waals surface area contributed by atoms with Crippen molar-refractivity contribution in [2.24, 2.45) is 0 Å². The first-order valence-corrected chi connectivity index (χ1v) is 5.64. The first-order chi connectivity index (χ1) is 7.52. The van der Waals surface area contributed by atoms with Gasteiger partial charge in [-0.25, -0.2) is 0 Å². The average Bonchev–Trinajstić information content (AvgIpc) is 2.28. The molecule has 0 aromatic rings. The van der Waals surface area contributed by atoms with Gasteiger partial charge in [0.1, 0.15) is 0 Å². The largest absolute Gasteiger partial charge is 0.526 e. The van der Waals surface area contributed by atoms with Crippen molar-refractivity contribution in [2.45, 2.75) is 33.1 Å². The standard InChI is InChI=1S/C11H22NO4/c1-5-7-8-9-12(3,10(13)15-4)11(14)16-6-2/h5-9H2,1-4H3/q+1. The van der Waals surface area contributed by atoms with Crippen LogP contribution in [0.2, 0.25) is 0 Å². The summed E-state index contributed by atoms with van der Waals surface area (Å²) in [4.78, 5) is 23.3. The number of ether oxygens (including phenoxy) is 2. The minimum Gasteiger partial charge on any atom is -0.423 e. The lowest BCUT2D eigenvalue weighted by Gasteiger charge is -2.25. The third kappa shape index (κ3) is 3.81. The Kier molecular flexibility index (Phi) is 6.72. The molecule has 0 aliphatic rings. The van der Waals surface area contributed by atoms with Crippen LogP contribution in [-0.4, -0.2) is 44.0 Å². The van der Waals surface area contributed by atoms with E-state index in [-0.39, 0.29) is 6.61 Å². The van der Waals surface area contributed by atoms with Crippen molar-refractivity contribution < 1.29 is 23.5 Å². The second-order valence-electron chi connectivity index (χ2n) is 3.79. The number of quaternary nitrogens is 1. The van der Waals surface area contributed by atoms with Gasteiger partial charge in [-0.05, 0) is 19.8 Å². The van der Waals surface area contributed by atoms with Crippen molar-refractivity contribution in [1.29, 1.82) is 0 Å². The highest BCUT2D eigenvalue weighted by molar-refractivity contribution is 5.75. The number of imide groups is 1. The summed E-state index contributed by atoms with van der Waals surface area (Å²) in [5.41, 5.74) is 0. The third-order valence-corrected chi connectivity index (χ3v) is 2.46. The zero-order chi connectivity index (χ0) is 12.6.